The molecule has 1 aliphatic heterocycles. The Hall–Kier alpha value is -1.40. The molecule has 0 spiro atoms. The predicted octanol–water partition coefficient (Wildman–Crippen LogP) is 4.56. The van der Waals surface area contributed by atoms with Gasteiger partial charge in [-0.25, -0.2) is 0 Å². The number of hydrogen-bond acceptors (Lipinski definition) is 4. The van der Waals surface area contributed by atoms with Gasteiger partial charge in [0.25, 0.3) is 0 Å². The molecule has 0 atom stereocenters. The molecule has 0 saturated heterocycles. The van der Waals surface area contributed by atoms with Crippen molar-refractivity contribution >= 4 is 37.5 Å². The fraction of sp³-hybridized carbons (Fsp3) is 0.200. The summed E-state index contributed by atoms with van der Waals surface area (Å²) in [6.07, 6.45) is 0. The van der Waals surface area contributed by atoms with E-state index < -0.39 is 0 Å². The highest BCUT2D eigenvalue weighted by Gasteiger charge is 2.16. The van der Waals surface area contributed by atoms with Crippen LogP contribution in [0.5, 0.6) is 17.2 Å². The molecule has 21 heavy (non-hydrogen) atoms. The van der Waals surface area contributed by atoms with Gasteiger partial charge in [-0.05, 0) is 45.8 Å². The number of benzene rings is 2. The molecule has 0 radical (unpaired) electrons. The third-order valence-electron chi connectivity index (χ3n) is 3.18. The molecule has 0 fully saturated rings. The Bertz CT molecular complexity index is 676. The molecule has 2 aromatic rings. The second-order valence-electron chi connectivity index (χ2n) is 4.50. The van der Waals surface area contributed by atoms with Gasteiger partial charge in [-0.15, -0.1) is 0 Å². The fourth-order valence-corrected chi connectivity index (χ4v) is 2.93. The summed E-state index contributed by atoms with van der Waals surface area (Å²) in [5, 5.41) is 3.37. The number of rotatable bonds is 4. The molecule has 6 heteroatoms. The Kier molecular flexibility index (Phi) is 4.26. The molecule has 0 aliphatic carbocycles. The molecular formula is C15H13Br2NO3. The van der Waals surface area contributed by atoms with E-state index in [1.807, 2.05) is 30.3 Å². The van der Waals surface area contributed by atoms with Crippen LogP contribution in [0, 0.1) is 0 Å². The van der Waals surface area contributed by atoms with Crippen LogP contribution in [0.25, 0.3) is 0 Å². The van der Waals surface area contributed by atoms with Gasteiger partial charge < -0.3 is 19.5 Å². The Balaban J connectivity index is 1.76. The van der Waals surface area contributed by atoms with Crippen molar-refractivity contribution < 1.29 is 14.2 Å². The minimum Gasteiger partial charge on any atom is -0.495 e. The molecule has 0 unspecified atom stereocenters. The van der Waals surface area contributed by atoms with E-state index in [1.54, 1.807) is 7.11 Å². The van der Waals surface area contributed by atoms with E-state index in [2.05, 4.69) is 37.2 Å². The standard InChI is InChI=1S/C15H13Br2NO3/c1-19-13-5-10(2-3-11(13)16)18-7-9-4-14-15(6-12(9)17)21-8-20-14/h2-6,18H,7-8H2,1H3. The van der Waals surface area contributed by atoms with Crippen LogP contribution in [0.1, 0.15) is 5.56 Å². The smallest absolute Gasteiger partial charge is 0.231 e. The van der Waals surface area contributed by atoms with Gasteiger partial charge in [0.1, 0.15) is 5.75 Å². The minimum atomic E-state index is 0.280. The molecule has 0 amide bonds. The third-order valence-corrected chi connectivity index (χ3v) is 4.57. The lowest BCUT2D eigenvalue weighted by Gasteiger charge is -2.11. The topological polar surface area (TPSA) is 39.7 Å². The maximum atomic E-state index is 5.40. The van der Waals surface area contributed by atoms with E-state index in [0.29, 0.717) is 6.54 Å². The number of fused-ring (bicyclic) bond motifs is 1. The first-order chi connectivity index (χ1) is 10.2. The highest BCUT2D eigenvalue weighted by atomic mass is 79.9. The Labute approximate surface area is 139 Å². The van der Waals surface area contributed by atoms with E-state index in [9.17, 15) is 0 Å². The van der Waals surface area contributed by atoms with E-state index in [1.165, 1.54) is 0 Å². The second kappa shape index (κ2) is 6.15. The average Bonchev–Trinajstić information content (AvgIpc) is 2.93. The summed E-state index contributed by atoms with van der Waals surface area (Å²) in [7, 11) is 1.65. The Morgan fingerprint density at radius 1 is 1.10 bits per heavy atom. The van der Waals surface area contributed by atoms with Crippen LogP contribution in [0.2, 0.25) is 0 Å². The Morgan fingerprint density at radius 3 is 2.62 bits per heavy atom. The number of ether oxygens (including phenoxy) is 3. The minimum absolute atomic E-state index is 0.280. The molecule has 1 N–H and O–H groups in total. The zero-order valence-corrected chi connectivity index (χ0v) is 14.5. The van der Waals surface area contributed by atoms with Gasteiger partial charge in [-0.2, -0.15) is 0 Å². The monoisotopic (exact) mass is 413 g/mol. The van der Waals surface area contributed by atoms with Gasteiger partial charge in [-0.1, -0.05) is 15.9 Å². The summed E-state index contributed by atoms with van der Waals surface area (Å²) in [4.78, 5) is 0. The second-order valence-corrected chi connectivity index (χ2v) is 6.21. The quantitative estimate of drug-likeness (QED) is 0.795. The van der Waals surface area contributed by atoms with Crippen LogP contribution in [-0.4, -0.2) is 13.9 Å². The first-order valence-electron chi connectivity index (χ1n) is 6.33. The maximum absolute atomic E-state index is 5.40. The van der Waals surface area contributed by atoms with E-state index in [-0.39, 0.29) is 6.79 Å². The van der Waals surface area contributed by atoms with Gasteiger partial charge in [0.05, 0.1) is 11.6 Å². The third kappa shape index (κ3) is 3.11. The highest BCUT2D eigenvalue weighted by molar-refractivity contribution is 9.10. The molecule has 1 aliphatic rings. The lowest BCUT2D eigenvalue weighted by molar-refractivity contribution is 0.174. The number of anilines is 1. The van der Waals surface area contributed by atoms with Gasteiger partial charge in [0, 0.05) is 22.8 Å². The van der Waals surface area contributed by atoms with Crippen molar-refractivity contribution in [1.29, 1.82) is 0 Å². The van der Waals surface area contributed by atoms with Crippen LogP contribution >= 0.6 is 31.9 Å². The number of hydrogen-bond donors (Lipinski definition) is 1. The van der Waals surface area contributed by atoms with Crippen molar-refractivity contribution in [2.24, 2.45) is 0 Å². The van der Waals surface area contributed by atoms with Gasteiger partial charge in [0.15, 0.2) is 11.5 Å². The normalized spacial score (nSPS) is 12.3. The SMILES string of the molecule is COc1cc(NCc2cc3c(cc2Br)OCO3)ccc1Br. The molecule has 0 bridgehead atoms. The largest absolute Gasteiger partial charge is 0.495 e. The van der Waals surface area contributed by atoms with Crippen LogP contribution in [0.3, 0.4) is 0 Å². The summed E-state index contributed by atoms with van der Waals surface area (Å²) in [5.41, 5.74) is 2.08. The van der Waals surface area contributed by atoms with Gasteiger partial charge in [-0.3, -0.25) is 0 Å². The zero-order valence-electron chi connectivity index (χ0n) is 11.3. The van der Waals surface area contributed by atoms with Gasteiger partial charge in [0.2, 0.25) is 6.79 Å². The van der Waals surface area contributed by atoms with Crippen molar-refractivity contribution in [3.05, 3.63) is 44.8 Å². The molecule has 2 aromatic carbocycles. The molecular weight excluding hydrogens is 402 g/mol. The van der Waals surface area contributed by atoms with Crippen molar-refractivity contribution in [1.82, 2.24) is 0 Å². The lowest BCUT2D eigenvalue weighted by atomic mass is 10.2. The first-order valence-corrected chi connectivity index (χ1v) is 7.91. The summed E-state index contributed by atoms with van der Waals surface area (Å²) in [5.74, 6) is 2.35. The van der Waals surface area contributed by atoms with Crippen molar-refractivity contribution in [2.75, 3.05) is 19.2 Å². The fourth-order valence-electron chi connectivity index (χ4n) is 2.06. The number of halogens is 2. The summed E-state index contributed by atoms with van der Waals surface area (Å²) < 4.78 is 18.0. The number of methoxy groups -OCH3 is 1. The molecule has 3 rings (SSSR count). The summed E-state index contributed by atoms with van der Waals surface area (Å²) in [6, 6.07) is 9.81. The van der Waals surface area contributed by atoms with E-state index in [0.717, 1.165) is 37.4 Å². The molecule has 110 valence electrons. The molecule has 4 nitrogen and oxygen atoms in total. The maximum Gasteiger partial charge on any atom is 0.231 e. The van der Waals surface area contributed by atoms with Gasteiger partial charge >= 0.3 is 0 Å². The predicted molar refractivity (Wildman–Crippen MR) is 88.3 cm³/mol. The Morgan fingerprint density at radius 2 is 1.86 bits per heavy atom. The summed E-state index contributed by atoms with van der Waals surface area (Å²) >= 11 is 7.00. The lowest BCUT2D eigenvalue weighted by Crippen LogP contribution is -2.00. The first kappa shape index (κ1) is 14.5. The van der Waals surface area contributed by atoms with Crippen LogP contribution < -0.4 is 19.5 Å². The van der Waals surface area contributed by atoms with E-state index in [4.69, 9.17) is 14.2 Å². The van der Waals surface area contributed by atoms with Crippen molar-refractivity contribution in [3.8, 4) is 17.2 Å². The average molecular weight is 415 g/mol. The molecule has 0 aromatic heterocycles. The molecule has 0 saturated carbocycles. The zero-order chi connectivity index (χ0) is 14.8. The van der Waals surface area contributed by atoms with Crippen LogP contribution in [0.15, 0.2) is 39.3 Å². The molecule has 1 heterocycles. The van der Waals surface area contributed by atoms with Crippen molar-refractivity contribution in [3.63, 3.8) is 0 Å². The van der Waals surface area contributed by atoms with Crippen LogP contribution in [-0.2, 0) is 6.54 Å². The van der Waals surface area contributed by atoms with Crippen LogP contribution in [0.4, 0.5) is 5.69 Å². The highest BCUT2D eigenvalue weighted by Crippen LogP contribution is 2.37. The van der Waals surface area contributed by atoms with E-state index >= 15 is 0 Å². The number of nitrogens with one attached hydrogen (secondary N) is 1. The summed E-state index contributed by atoms with van der Waals surface area (Å²) in [6.45, 7) is 0.949. The van der Waals surface area contributed by atoms with Crippen molar-refractivity contribution in [2.45, 2.75) is 6.54 Å².